The summed E-state index contributed by atoms with van der Waals surface area (Å²) in [5.41, 5.74) is 7.83. The Labute approximate surface area is 230 Å². The first-order valence-corrected chi connectivity index (χ1v) is 13.7. The zero-order chi connectivity index (χ0) is 26.2. The van der Waals surface area contributed by atoms with Crippen molar-refractivity contribution in [2.24, 2.45) is 0 Å². The Bertz CT molecular complexity index is 2330. The van der Waals surface area contributed by atoms with E-state index in [0.717, 1.165) is 27.6 Å². The smallest absolute Gasteiger partial charge is 0.135 e. The zero-order valence-corrected chi connectivity index (χ0v) is 21.6. The molecule has 0 bridgehead atoms. The Balaban J connectivity index is 1.27. The van der Waals surface area contributed by atoms with E-state index in [4.69, 9.17) is 4.42 Å². The van der Waals surface area contributed by atoms with Crippen LogP contribution in [0, 0.1) is 0 Å². The number of para-hydroxylation sites is 1. The SMILES string of the molecule is c1ccc2c(c1)ccc1c2c2c3ccccc3ccc2n1-c1ccc(-c2ccc3oc4ccccc4c3c2)cc1. The fourth-order valence-corrected chi connectivity index (χ4v) is 6.53. The molecule has 0 aliphatic heterocycles. The van der Waals surface area contributed by atoms with Crippen LogP contribution in [0.3, 0.4) is 0 Å². The summed E-state index contributed by atoms with van der Waals surface area (Å²) in [5.74, 6) is 0. The average Bonchev–Trinajstić information content (AvgIpc) is 3.57. The van der Waals surface area contributed by atoms with Crippen molar-refractivity contribution in [3.8, 4) is 16.8 Å². The Hall–Kier alpha value is -5.34. The van der Waals surface area contributed by atoms with Crippen LogP contribution in [0.25, 0.3) is 82.1 Å². The lowest BCUT2D eigenvalue weighted by Gasteiger charge is -2.10. The van der Waals surface area contributed by atoms with Gasteiger partial charge in [-0.1, -0.05) is 97.1 Å². The summed E-state index contributed by atoms with van der Waals surface area (Å²) >= 11 is 0. The van der Waals surface area contributed by atoms with Gasteiger partial charge >= 0.3 is 0 Å². The third kappa shape index (κ3) is 2.99. The van der Waals surface area contributed by atoms with E-state index in [9.17, 15) is 0 Å². The van der Waals surface area contributed by atoms with Crippen LogP contribution in [0.1, 0.15) is 0 Å². The van der Waals surface area contributed by atoms with Gasteiger partial charge in [0, 0.05) is 27.2 Å². The molecule has 9 rings (SSSR count). The Morgan fingerprint density at radius 2 is 0.950 bits per heavy atom. The molecule has 0 amide bonds. The van der Waals surface area contributed by atoms with Crippen molar-refractivity contribution < 1.29 is 4.42 Å². The van der Waals surface area contributed by atoms with Crippen molar-refractivity contribution >= 4 is 65.3 Å². The fourth-order valence-electron chi connectivity index (χ4n) is 6.53. The van der Waals surface area contributed by atoms with Crippen molar-refractivity contribution in [2.75, 3.05) is 0 Å². The van der Waals surface area contributed by atoms with Crippen LogP contribution in [-0.2, 0) is 0 Å². The molecule has 186 valence electrons. The van der Waals surface area contributed by atoms with E-state index in [-0.39, 0.29) is 0 Å². The summed E-state index contributed by atoms with van der Waals surface area (Å²) in [7, 11) is 0. The average molecular weight is 510 g/mol. The topological polar surface area (TPSA) is 18.1 Å². The summed E-state index contributed by atoms with van der Waals surface area (Å²) in [6.07, 6.45) is 0. The third-order valence-corrected chi connectivity index (χ3v) is 8.38. The maximum Gasteiger partial charge on any atom is 0.135 e. The first-order valence-electron chi connectivity index (χ1n) is 13.7. The summed E-state index contributed by atoms with van der Waals surface area (Å²) in [6, 6.07) is 50.2. The Morgan fingerprint density at radius 1 is 0.400 bits per heavy atom. The normalized spacial score (nSPS) is 12.0. The molecule has 0 aliphatic rings. The number of furan rings is 1. The van der Waals surface area contributed by atoms with Crippen molar-refractivity contribution in [3.63, 3.8) is 0 Å². The highest BCUT2D eigenvalue weighted by atomic mass is 16.3. The lowest BCUT2D eigenvalue weighted by molar-refractivity contribution is 0.669. The molecule has 2 heteroatoms. The Kier molecular flexibility index (Phi) is 4.36. The molecule has 2 nitrogen and oxygen atoms in total. The van der Waals surface area contributed by atoms with Crippen LogP contribution in [0.2, 0.25) is 0 Å². The number of rotatable bonds is 2. The van der Waals surface area contributed by atoms with Crippen LogP contribution in [0.4, 0.5) is 0 Å². The number of aromatic nitrogens is 1. The van der Waals surface area contributed by atoms with E-state index in [1.165, 1.54) is 54.5 Å². The lowest BCUT2D eigenvalue weighted by atomic mass is 10.00. The minimum absolute atomic E-state index is 0.923. The van der Waals surface area contributed by atoms with Crippen molar-refractivity contribution in [1.29, 1.82) is 0 Å². The van der Waals surface area contributed by atoms with Gasteiger partial charge in [0.2, 0.25) is 0 Å². The third-order valence-electron chi connectivity index (χ3n) is 8.38. The van der Waals surface area contributed by atoms with E-state index in [0.29, 0.717) is 0 Å². The van der Waals surface area contributed by atoms with Gasteiger partial charge in [-0.3, -0.25) is 0 Å². The molecule has 0 N–H and O–H groups in total. The zero-order valence-electron chi connectivity index (χ0n) is 21.6. The lowest BCUT2D eigenvalue weighted by Crippen LogP contribution is -1.93. The van der Waals surface area contributed by atoms with Crippen LogP contribution in [0.15, 0.2) is 144 Å². The molecular weight excluding hydrogens is 486 g/mol. The van der Waals surface area contributed by atoms with Crippen LogP contribution in [0.5, 0.6) is 0 Å². The van der Waals surface area contributed by atoms with Gasteiger partial charge in [-0.05, 0) is 75.1 Å². The van der Waals surface area contributed by atoms with Gasteiger partial charge in [-0.2, -0.15) is 0 Å². The minimum atomic E-state index is 0.923. The van der Waals surface area contributed by atoms with Crippen LogP contribution < -0.4 is 0 Å². The van der Waals surface area contributed by atoms with Crippen LogP contribution in [-0.4, -0.2) is 4.57 Å². The standard InChI is InChI=1S/C38H23NO/c1-3-9-29-25(7-1)15-20-33-37(29)38-30-10-4-2-8-26(30)16-21-34(38)39(33)28-18-13-24(14-19-28)27-17-22-36-32(23-27)31-11-5-6-12-35(31)40-36/h1-23H. The summed E-state index contributed by atoms with van der Waals surface area (Å²) < 4.78 is 8.47. The molecule has 2 heterocycles. The molecule has 0 saturated carbocycles. The molecule has 0 spiro atoms. The summed E-state index contributed by atoms with van der Waals surface area (Å²) in [4.78, 5) is 0. The van der Waals surface area contributed by atoms with E-state index in [2.05, 4.69) is 132 Å². The molecule has 0 fully saturated rings. The van der Waals surface area contributed by atoms with Crippen molar-refractivity contribution in [2.45, 2.75) is 0 Å². The second kappa shape index (κ2) is 8.08. The highest BCUT2D eigenvalue weighted by Crippen LogP contribution is 2.41. The first-order chi connectivity index (χ1) is 19.8. The van der Waals surface area contributed by atoms with Crippen molar-refractivity contribution in [1.82, 2.24) is 4.57 Å². The molecule has 40 heavy (non-hydrogen) atoms. The number of fused-ring (bicyclic) bond motifs is 10. The molecule has 0 saturated heterocycles. The second-order valence-electron chi connectivity index (χ2n) is 10.6. The monoisotopic (exact) mass is 509 g/mol. The van der Waals surface area contributed by atoms with Crippen molar-refractivity contribution in [3.05, 3.63) is 140 Å². The summed E-state index contributed by atoms with van der Waals surface area (Å²) in [5, 5.41) is 10.0. The fraction of sp³-hybridized carbons (Fsp3) is 0. The molecule has 0 aliphatic carbocycles. The largest absolute Gasteiger partial charge is 0.456 e. The minimum Gasteiger partial charge on any atom is -0.456 e. The molecule has 0 atom stereocenters. The van der Waals surface area contributed by atoms with E-state index in [1.807, 2.05) is 12.1 Å². The maximum atomic E-state index is 6.05. The Morgan fingerprint density at radius 3 is 1.62 bits per heavy atom. The van der Waals surface area contributed by atoms with E-state index in [1.54, 1.807) is 0 Å². The van der Waals surface area contributed by atoms with Crippen LogP contribution >= 0.6 is 0 Å². The maximum absolute atomic E-state index is 6.05. The molecule has 0 unspecified atom stereocenters. The highest BCUT2D eigenvalue weighted by Gasteiger charge is 2.17. The molecule has 9 aromatic rings. The number of nitrogens with zero attached hydrogens (tertiary/aromatic N) is 1. The predicted molar refractivity (Wildman–Crippen MR) is 169 cm³/mol. The van der Waals surface area contributed by atoms with Gasteiger partial charge in [0.1, 0.15) is 11.2 Å². The number of benzene rings is 7. The molecular formula is C38H23NO. The van der Waals surface area contributed by atoms with E-state index >= 15 is 0 Å². The van der Waals surface area contributed by atoms with Gasteiger partial charge in [-0.15, -0.1) is 0 Å². The van der Waals surface area contributed by atoms with Gasteiger partial charge in [0.15, 0.2) is 0 Å². The van der Waals surface area contributed by atoms with E-state index < -0.39 is 0 Å². The first kappa shape index (κ1) is 21.6. The van der Waals surface area contributed by atoms with Gasteiger partial charge in [0.05, 0.1) is 11.0 Å². The number of hydrogen-bond acceptors (Lipinski definition) is 1. The van der Waals surface area contributed by atoms with Gasteiger partial charge in [-0.25, -0.2) is 0 Å². The highest BCUT2D eigenvalue weighted by molar-refractivity contribution is 6.28. The molecule has 2 aromatic heterocycles. The quantitative estimate of drug-likeness (QED) is 0.227. The molecule has 0 radical (unpaired) electrons. The predicted octanol–water partition coefficient (Wildman–Crippen LogP) is 10.7. The van der Waals surface area contributed by atoms with Gasteiger partial charge in [0.25, 0.3) is 0 Å². The summed E-state index contributed by atoms with van der Waals surface area (Å²) in [6.45, 7) is 0. The number of hydrogen-bond donors (Lipinski definition) is 0. The molecule has 7 aromatic carbocycles. The second-order valence-corrected chi connectivity index (χ2v) is 10.6. The van der Waals surface area contributed by atoms with Gasteiger partial charge < -0.3 is 8.98 Å².